The molecular weight excluding hydrogens is 298 g/mol. The maximum absolute atomic E-state index is 8.88. The Labute approximate surface area is 143 Å². The number of hydrogen-bond acceptors (Lipinski definition) is 5. The first-order valence-electron chi connectivity index (χ1n) is 8.40. The zero-order chi connectivity index (χ0) is 17.1. The molecule has 0 saturated carbocycles. The quantitative estimate of drug-likeness (QED) is 0.870. The summed E-state index contributed by atoms with van der Waals surface area (Å²) < 4.78 is 0. The summed E-state index contributed by atoms with van der Waals surface area (Å²) >= 11 is 0. The minimum Gasteiger partial charge on any atom is -0.349 e. The molecule has 1 aliphatic rings. The summed E-state index contributed by atoms with van der Waals surface area (Å²) in [5, 5.41) is 17.1. The van der Waals surface area contributed by atoms with E-state index < -0.39 is 0 Å². The lowest BCUT2D eigenvalue weighted by Crippen LogP contribution is -2.61. The van der Waals surface area contributed by atoms with Crippen molar-refractivity contribution in [3.8, 4) is 6.07 Å². The minimum absolute atomic E-state index is 0.326. The summed E-state index contributed by atoms with van der Waals surface area (Å²) in [4.78, 5) is 4.85. The topological polar surface area (TPSA) is 56.0 Å². The molecule has 24 heavy (non-hydrogen) atoms. The van der Waals surface area contributed by atoms with Gasteiger partial charge in [-0.25, -0.2) is 0 Å². The Bertz CT molecular complexity index is 707. The Hall–Kier alpha value is -2.45. The number of benzene rings is 1. The van der Waals surface area contributed by atoms with Gasteiger partial charge in [-0.1, -0.05) is 30.3 Å². The van der Waals surface area contributed by atoms with E-state index in [1.165, 1.54) is 5.56 Å². The van der Waals surface area contributed by atoms with Crippen LogP contribution < -0.4 is 4.90 Å². The Balaban J connectivity index is 1.77. The minimum atomic E-state index is 0.326. The highest BCUT2D eigenvalue weighted by Gasteiger charge is 2.35. The number of nitrogens with zero attached hydrogens (tertiary/aromatic N) is 5. The zero-order valence-corrected chi connectivity index (χ0v) is 14.4. The summed E-state index contributed by atoms with van der Waals surface area (Å²) in [5.41, 5.74) is 1.70. The molecular formula is C19H23N5. The number of aromatic nitrogens is 2. The fourth-order valence-corrected chi connectivity index (χ4v) is 3.43. The molecule has 2 heterocycles. The van der Waals surface area contributed by atoms with Crippen molar-refractivity contribution in [1.29, 1.82) is 5.26 Å². The number of rotatable bonds is 3. The van der Waals surface area contributed by atoms with Crippen molar-refractivity contribution in [2.24, 2.45) is 0 Å². The standard InChI is InChI=1S/C19H23N5/c1-14-12-24(19-10-9-18(11-20)21-22-19)16(3)15(2)23(14)13-17-7-5-4-6-8-17/h4-10,14-16H,12-13H2,1-3H3. The summed E-state index contributed by atoms with van der Waals surface area (Å²) in [6.45, 7) is 8.62. The van der Waals surface area contributed by atoms with Gasteiger partial charge in [0.25, 0.3) is 0 Å². The molecule has 1 fully saturated rings. The second-order valence-electron chi connectivity index (χ2n) is 6.53. The van der Waals surface area contributed by atoms with Gasteiger partial charge in [0.1, 0.15) is 6.07 Å². The van der Waals surface area contributed by atoms with Crippen LogP contribution in [0, 0.1) is 11.3 Å². The number of nitriles is 1. The second kappa shape index (κ2) is 6.98. The van der Waals surface area contributed by atoms with Crippen LogP contribution in [0.15, 0.2) is 42.5 Å². The lowest BCUT2D eigenvalue weighted by Gasteiger charge is -2.49. The molecule has 0 N–H and O–H groups in total. The summed E-state index contributed by atoms with van der Waals surface area (Å²) in [7, 11) is 0. The molecule has 0 bridgehead atoms. The van der Waals surface area contributed by atoms with Crippen molar-refractivity contribution in [3.63, 3.8) is 0 Å². The van der Waals surface area contributed by atoms with Crippen LogP contribution in [0.5, 0.6) is 0 Å². The number of anilines is 1. The normalized spacial score (nSPS) is 24.6. The molecule has 2 aromatic rings. The zero-order valence-electron chi connectivity index (χ0n) is 14.4. The van der Waals surface area contributed by atoms with E-state index in [2.05, 4.69) is 71.1 Å². The lowest BCUT2D eigenvalue weighted by atomic mass is 9.99. The SMILES string of the molecule is CC1C(C)N(Cc2ccccc2)C(C)CN1c1ccc(C#N)nn1. The van der Waals surface area contributed by atoms with Crippen molar-refractivity contribution in [2.45, 2.75) is 45.4 Å². The van der Waals surface area contributed by atoms with Crippen LogP contribution in [-0.4, -0.2) is 39.8 Å². The molecule has 3 unspecified atom stereocenters. The molecule has 5 heteroatoms. The molecule has 0 aliphatic carbocycles. The van der Waals surface area contributed by atoms with Gasteiger partial charge >= 0.3 is 0 Å². The molecule has 1 aromatic heterocycles. The predicted molar refractivity (Wildman–Crippen MR) is 94.5 cm³/mol. The van der Waals surface area contributed by atoms with Gasteiger partial charge in [0.2, 0.25) is 0 Å². The van der Waals surface area contributed by atoms with E-state index >= 15 is 0 Å². The van der Waals surface area contributed by atoms with Gasteiger partial charge in [-0.15, -0.1) is 10.2 Å². The average Bonchev–Trinajstić information content (AvgIpc) is 2.63. The van der Waals surface area contributed by atoms with Gasteiger partial charge in [-0.2, -0.15) is 5.26 Å². The molecule has 3 atom stereocenters. The van der Waals surface area contributed by atoms with Crippen LogP contribution in [0.4, 0.5) is 5.82 Å². The third kappa shape index (κ3) is 3.24. The van der Waals surface area contributed by atoms with Crippen LogP contribution in [0.2, 0.25) is 0 Å². The van der Waals surface area contributed by atoms with E-state index in [9.17, 15) is 0 Å². The van der Waals surface area contributed by atoms with Crippen LogP contribution in [0.3, 0.4) is 0 Å². The fourth-order valence-electron chi connectivity index (χ4n) is 3.43. The summed E-state index contributed by atoms with van der Waals surface area (Å²) in [6.07, 6.45) is 0. The maximum Gasteiger partial charge on any atom is 0.163 e. The molecule has 1 aromatic carbocycles. The van der Waals surface area contributed by atoms with Crippen LogP contribution >= 0.6 is 0 Å². The number of hydrogen-bond donors (Lipinski definition) is 0. The molecule has 1 saturated heterocycles. The molecule has 0 spiro atoms. The van der Waals surface area contributed by atoms with E-state index in [0.717, 1.165) is 18.9 Å². The Kier molecular flexibility index (Phi) is 4.77. The van der Waals surface area contributed by atoms with Crippen molar-refractivity contribution in [1.82, 2.24) is 15.1 Å². The van der Waals surface area contributed by atoms with E-state index in [1.54, 1.807) is 6.07 Å². The highest BCUT2D eigenvalue weighted by atomic mass is 15.4. The third-order valence-corrected chi connectivity index (χ3v) is 5.01. The van der Waals surface area contributed by atoms with Crippen molar-refractivity contribution < 1.29 is 0 Å². The van der Waals surface area contributed by atoms with Crippen LogP contribution in [0.1, 0.15) is 32.0 Å². The highest BCUT2D eigenvalue weighted by Crippen LogP contribution is 2.27. The largest absolute Gasteiger partial charge is 0.349 e. The molecule has 1 aliphatic heterocycles. The van der Waals surface area contributed by atoms with Crippen molar-refractivity contribution in [3.05, 3.63) is 53.7 Å². The van der Waals surface area contributed by atoms with E-state index in [0.29, 0.717) is 23.8 Å². The molecule has 124 valence electrons. The monoisotopic (exact) mass is 321 g/mol. The summed E-state index contributed by atoms with van der Waals surface area (Å²) in [5.74, 6) is 0.847. The number of piperazine rings is 1. The lowest BCUT2D eigenvalue weighted by molar-refractivity contribution is 0.0969. The first-order chi connectivity index (χ1) is 11.6. The van der Waals surface area contributed by atoms with Gasteiger partial charge in [0.15, 0.2) is 11.5 Å². The van der Waals surface area contributed by atoms with E-state index in [-0.39, 0.29) is 0 Å². The van der Waals surface area contributed by atoms with Gasteiger partial charge in [0.05, 0.1) is 0 Å². The summed E-state index contributed by atoms with van der Waals surface area (Å²) in [6, 6.07) is 17.4. The Morgan fingerprint density at radius 1 is 1.04 bits per heavy atom. The van der Waals surface area contributed by atoms with Crippen LogP contribution in [-0.2, 0) is 6.54 Å². The van der Waals surface area contributed by atoms with Gasteiger partial charge in [-0.3, -0.25) is 4.90 Å². The molecule has 0 amide bonds. The first kappa shape index (κ1) is 16.4. The Morgan fingerprint density at radius 2 is 1.79 bits per heavy atom. The van der Waals surface area contributed by atoms with E-state index in [1.807, 2.05) is 12.1 Å². The highest BCUT2D eigenvalue weighted by molar-refractivity contribution is 5.41. The van der Waals surface area contributed by atoms with Gasteiger partial charge in [0, 0.05) is 31.2 Å². The van der Waals surface area contributed by atoms with E-state index in [4.69, 9.17) is 5.26 Å². The van der Waals surface area contributed by atoms with Crippen molar-refractivity contribution >= 4 is 5.82 Å². The van der Waals surface area contributed by atoms with Crippen LogP contribution in [0.25, 0.3) is 0 Å². The smallest absolute Gasteiger partial charge is 0.163 e. The molecule has 0 radical (unpaired) electrons. The van der Waals surface area contributed by atoms with Gasteiger partial charge < -0.3 is 4.90 Å². The average molecular weight is 321 g/mol. The predicted octanol–water partition coefficient (Wildman–Crippen LogP) is 2.84. The van der Waals surface area contributed by atoms with Gasteiger partial charge in [-0.05, 0) is 38.5 Å². The molecule has 3 rings (SSSR count). The maximum atomic E-state index is 8.88. The van der Waals surface area contributed by atoms with Crippen molar-refractivity contribution in [2.75, 3.05) is 11.4 Å². The second-order valence-corrected chi connectivity index (χ2v) is 6.53. The fraction of sp³-hybridized carbons (Fsp3) is 0.421. The third-order valence-electron chi connectivity index (χ3n) is 5.01. The Morgan fingerprint density at radius 3 is 2.42 bits per heavy atom. The first-order valence-corrected chi connectivity index (χ1v) is 8.40. The molecule has 5 nitrogen and oxygen atoms in total.